The van der Waals surface area contributed by atoms with Gasteiger partial charge in [0.15, 0.2) is 0 Å². The number of hydrogen-bond donors (Lipinski definition) is 0. The molecule has 0 saturated carbocycles. The molecule has 1 aromatic rings. The maximum Gasteiger partial charge on any atom is 0.133 e. The highest BCUT2D eigenvalue weighted by molar-refractivity contribution is 6.30. The summed E-state index contributed by atoms with van der Waals surface area (Å²) in [6, 6.07) is 0. The molecule has 1 rings (SSSR count). The molecule has 0 spiro atoms. The van der Waals surface area contributed by atoms with E-state index in [4.69, 9.17) is 11.6 Å². The lowest BCUT2D eigenvalue weighted by Gasteiger charge is -2.21. The Kier molecular flexibility index (Phi) is 3.26. The summed E-state index contributed by atoms with van der Waals surface area (Å²) in [5.41, 5.74) is 0.0549. The highest BCUT2D eigenvalue weighted by atomic mass is 35.5. The van der Waals surface area contributed by atoms with Gasteiger partial charge in [0.2, 0.25) is 0 Å². The van der Waals surface area contributed by atoms with Crippen LogP contribution >= 0.6 is 11.6 Å². The van der Waals surface area contributed by atoms with Crippen LogP contribution in [0, 0.1) is 0 Å². The van der Waals surface area contributed by atoms with E-state index in [1.165, 1.54) is 0 Å². The molecule has 0 aliphatic heterocycles. The van der Waals surface area contributed by atoms with E-state index in [0.29, 0.717) is 5.02 Å². The van der Waals surface area contributed by atoms with Crippen LogP contribution in [0.1, 0.15) is 39.4 Å². The van der Waals surface area contributed by atoms with Crippen LogP contribution in [-0.2, 0) is 5.41 Å². The zero-order valence-electron chi connectivity index (χ0n) is 8.34. The summed E-state index contributed by atoms with van der Waals surface area (Å²) in [5, 5.41) is 0.594. The molecular formula is C10H15ClN2. The number of aromatic nitrogens is 2. The summed E-state index contributed by atoms with van der Waals surface area (Å²) >= 11 is 5.71. The Hall–Kier alpha value is -0.630. The molecule has 72 valence electrons. The van der Waals surface area contributed by atoms with Crippen molar-refractivity contribution >= 4 is 11.6 Å². The lowest BCUT2D eigenvalue weighted by molar-refractivity contribution is 0.444. The third kappa shape index (κ3) is 2.66. The second-order valence-corrected chi connectivity index (χ2v) is 4.30. The first kappa shape index (κ1) is 10.5. The van der Waals surface area contributed by atoms with Crippen LogP contribution < -0.4 is 0 Å². The molecule has 13 heavy (non-hydrogen) atoms. The summed E-state index contributed by atoms with van der Waals surface area (Å²) in [6.07, 6.45) is 5.54. The van der Waals surface area contributed by atoms with Gasteiger partial charge in [0.25, 0.3) is 0 Å². The first-order valence-corrected chi connectivity index (χ1v) is 4.92. The van der Waals surface area contributed by atoms with Gasteiger partial charge >= 0.3 is 0 Å². The van der Waals surface area contributed by atoms with Gasteiger partial charge in [-0.1, -0.05) is 38.8 Å². The fourth-order valence-electron chi connectivity index (χ4n) is 1.40. The fraction of sp³-hybridized carbons (Fsp3) is 0.600. The summed E-state index contributed by atoms with van der Waals surface area (Å²) in [6.45, 7) is 6.47. The zero-order valence-corrected chi connectivity index (χ0v) is 9.10. The topological polar surface area (TPSA) is 25.8 Å². The van der Waals surface area contributed by atoms with Crippen molar-refractivity contribution in [2.45, 2.75) is 39.0 Å². The van der Waals surface area contributed by atoms with Crippen molar-refractivity contribution in [3.05, 3.63) is 23.2 Å². The van der Waals surface area contributed by atoms with Gasteiger partial charge in [-0.15, -0.1) is 0 Å². The number of hydrogen-bond acceptors (Lipinski definition) is 2. The van der Waals surface area contributed by atoms with Crippen molar-refractivity contribution in [1.29, 1.82) is 0 Å². The molecule has 0 aromatic carbocycles. The molecule has 0 radical (unpaired) electrons. The molecule has 1 aromatic heterocycles. The number of halogens is 1. The lowest BCUT2D eigenvalue weighted by atomic mass is 9.87. The summed E-state index contributed by atoms with van der Waals surface area (Å²) in [4.78, 5) is 8.45. The summed E-state index contributed by atoms with van der Waals surface area (Å²) < 4.78 is 0. The Morgan fingerprint density at radius 1 is 1.31 bits per heavy atom. The van der Waals surface area contributed by atoms with Crippen molar-refractivity contribution in [2.24, 2.45) is 0 Å². The quantitative estimate of drug-likeness (QED) is 0.746. The van der Waals surface area contributed by atoms with Crippen molar-refractivity contribution in [3.8, 4) is 0 Å². The van der Waals surface area contributed by atoms with Crippen molar-refractivity contribution in [3.63, 3.8) is 0 Å². The minimum absolute atomic E-state index is 0.0549. The monoisotopic (exact) mass is 198 g/mol. The van der Waals surface area contributed by atoms with Crippen molar-refractivity contribution in [2.75, 3.05) is 0 Å². The summed E-state index contributed by atoms with van der Waals surface area (Å²) in [5.74, 6) is 0.874. The van der Waals surface area contributed by atoms with Gasteiger partial charge in [-0.25, -0.2) is 9.97 Å². The van der Waals surface area contributed by atoms with Crippen molar-refractivity contribution in [1.82, 2.24) is 9.97 Å². The van der Waals surface area contributed by atoms with Gasteiger partial charge in [0.1, 0.15) is 5.82 Å². The van der Waals surface area contributed by atoms with Crippen LogP contribution in [0.5, 0.6) is 0 Å². The molecule has 0 aliphatic carbocycles. The van der Waals surface area contributed by atoms with E-state index < -0.39 is 0 Å². The van der Waals surface area contributed by atoms with Crippen LogP contribution in [0.25, 0.3) is 0 Å². The van der Waals surface area contributed by atoms with E-state index in [1.54, 1.807) is 12.4 Å². The SMILES string of the molecule is CCCC(C)(C)c1ncc(Cl)cn1. The Balaban J connectivity index is 2.87. The van der Waals surface area contributed by atoms with Crippen LogP contribution in [-0.4, -0.2) is 9.97 Å². The molecule has 0 atom stereocenters. The van der Waals surface area contributed by atoms with Gasteiger partial charge in [-0.2, -0.15) is 0 Å². The molecule has 1 heterocycles. The Morgan fingerprint density at radius 2 is 1.85 bits per heavy atom. The molecule has 0 saturated heterocycles. The second kappa shape index (κ2) is 4.05. The molecule has 0 fully saturated rings. The van der Waals surface area contributed by atoms with E-state index in [9.17, 15) is 0 Å². The lowest BCUT2D eigenvalue weighted by Crippen LogP contribution is -2.20. The van der Waals surface area contributed by atoms with E-state index in [1.807, 2.05) is 0 Å². The number of nitrogens with zero attached hydrogens (tertiary/aromatic N) is 2. The maximum absolute atomic E-state index is 5.71. The molecule has 0 amide bonds. The highest BCUT2D eigenvalue weighted by Gasteiger charge is 2.22. The van der Waals surface area contributed by atoms with Gasteiger partial charge in [-0.3, -0.25) is 0 Å². The average Bonchev–Trinajstić information content (AvgIpc) is 2.05. The molecule has 2 nitrogen and oxygen atoms in total. The van der Waals surface area contributed by atoms with Crippen molar-refractivity contribution < 1.29 is 0 Å². The normalized spacial score (nSPS) is 11.7. The Labute approximate surface area is 84.4 Å². The first-order valence-electron chi connectivity index (χ1n) is 4.54. The molecule has 0 unspecified atom stereocenters. The molecule has 0 bridgehead atoms. The van der Waals surface area contributed by atoms with Crippen LogP contribution in [0.4, 0.5) is 0 Å². The van der Waals surface area contributed by atoms with Gasteiger partial charge in [0, 0.05) is 17.8 Å². The van der Waals surface area contributed by atoms with Crippen LogP contribution in [0.2, 0.25) is 5.02 Å². The van der Waals surface area contributed by atoms with Crippen LogP contribution in [0.15, 0.2) is 12.4 Å². The average molecular weight is 199 g/mol. The third-order valence-corrected chi connectivity index (χ3v) is 2.30. The minimum Gasteiger partial charge on any atom is -0.239 e. The van der Waals surface area contributed by atoms with E-state index in [2.05, 4.69) is 30.7 Å². The smallest absolute Gasteiger partial charge is 0.133 e. The fourth-order valence-corrected chi connectivity index (χ4v) is 1.50. The van der Waals surface area contributed by atoms with Gasteiger partial charge in [0.05, 0.1) is 5.02 Å². The summed E-state index contributed by atoms with van der Waals surface area (Å²) in [7, 11) is 0. The maximum atomic E-state index is 5.71. The Morgan fingerprint density at radius 3 is 2.31 bits per heavy atom. The predicted molar refractivity (Wildman–Crippen MR) is 55.0 cm³/mol. The van der Waals surface area contributed by atoms with Gasteiger partial charge < -0.3 is 0 Å². The number of rotatable bonds is 3. The van der Waals surface area contributed by atoms with E-state index >= 15 is 0 Å². The van der Waals surface area contributed by atoms with Crippen LogP contribution in [0.3, 0.4) is 0 Å². The second-order valence-electron chi connectivity index (χ2n) is 3.86. The third-order valence-electron chi connectivity index (χ3n) is 2.10. The molecule has 3 heteroatoms. The minimum atomic E-state index is 0.0549. The molecule has 0 aliphatic rings. The highest BCUT2D eigenvalue weighted by Crippen LogP contribution is 2.25. The zero-order chi connectivity index (χ0) is 9.90. The molecular weight excluding hydrogens is 184 g/mol. The predicted octanol–water partition coefficient (Wildman–Crippen LogP) is 3.21. The van der Waals surface area contributed by atoms with E-state index in [-0.39, 0.29) is 5.41 Å². The standard InChI is InChI=1S/C10H15ClN2/c1-4-5-10(2,3)9-12-6-8(11)7-13-9/h6-7H,4-5H2,1-3H3. The molecule has 0 N–H and O–H groups in total. The van der Waals surface area contributed by atoms with Gasteiger partial charge in [-0.05, 0) is 6.42 Å². The largest absolute Gasteiger partial charge is 0.239 e. The first-order chi connectivity index (χ1) is 6.06. The Bertz CT molecular complexity index is 267. The van der Waals surface area contributed by atoms with E-state index in [0.717, 1.165) is 18.7 Å².